The van der Waals surface area contributed by atoms with Crippen LogP contribution < -0.4 is 4.74 Å². The number of benzene rings is 1. The van der Waals surface area contributed by atoms with Gasteiger partial charge in [-0.15, -0.1) is 0 Å². The number of aryl methyl sites for hydroxylation is 1. The third-order valence-corrected chi connectivity index (χ3v) is 4.39. The summed E-state index contributed by atoms with van der Waals surface area (Å²) in [6.45, 7) is 8.01. The Balaban J connectivity index is 3.28. The molecule has 0 spiro atoms. The van der Waals surface area contributed by atoms with Gasteiger partial charge in [0.1, 0.15) is 11.9 Å². The summed E-state index contributed by atoms with van der Waals surface area (Å²) in [6.07, 6.45) is -0.115. The predicted molar refractivity (Wildman–Crippen MR) is 80.3 cm³/mol. The second-order valence-corrected chi connectivity index (χ2v) is 7.67. The monoisotopic (exact) mass is 320 g/mol. The zero-order chi connectivity index (χ0) is 15.5. The van der Waals surface area contributed by atoms with Gasteiger partial charge in [0.25, 0.3) is 9.05 Å². The van der Waals surface area contributed by atoms with Crippen molar-refractivity contribution < 1.29 is 17.9 Å². The lowest BCUT2D eigenvalue weighted by molar-refractivity contribution is 0.0911. The van der Waals surface area contributed by atoms with Crippen molar-refractivity contribution in [3.8, 4) is 5.75 Å². The SMILES string of the molecule is COCC(C)Oc1cc(C)c(S(=O)(=O)Cl)cc1C(C)C. The van der Waals surface area contributed by atoms with Gasteiger partial charge in [-0.1, -0.05) is 13.8 Å². The van der Waals surface area contributed by atoms with Crippen LogP contribution in [0, 0.1) is 6.92 Å². The molecule has 0 saturated heterocycles. The molecule has 4 nitrogen and oxygen atoms in total. The molecule has 114 valence electrons. The van der Waals surface area contributed by atoms with Crippen LogP contribution in [0.2, 0.25) is 0 Å². The maximum Gasteiger partial charge on any atom is 0.261 e. The van der Waals surface area contributed by atoms with Gasteiger partial charge in [0.2, 0.25) is 0 Å². The summed E-state index contributed by atoms with van der Waals surface area (Å²) >= 11 is 0. The molecule has 0 aliphatic rings. The molecule has 1 atom stereocenters. The first-order valence-corrected chi connectivity index (χ1v) is 8.72. The van der Waals surface area contributed by atoms with Crippen molar-refractivity contribution in [2.45, 2.75) is 44.6 Å². The van der Waals surface area contributed by atoms with Crippen LogP contribution in [0.1, 0.15) is 37.8 Å². The van der Waals surface area contributed by atoms with Gasteiger partial charge in [0.05, 0.1) is 11.5 Å². The first-order chi connectivity index (χ1) is 9.16. The predicted octanol–water partition coefficient (Wildman–Crippen LogP) is 3.46. The van der Waals surface area contributed by atoms with E-state index in [0.29, 0.717) is 17.9 Å². The molecule has 0 bridgehead atoms. The number of halogens is 1. The molecule has 0 aromatic heterocycles. The van der Waals surface area contributed by atoms with Crippen LogP contribution in [0.15, 0.2) is 17.0 Å². The fourth-order valence-corrected chi connectivity index (χ4v) is 3.19. The Morgan fingerprint density at radius 2 is 1.85 bits per heavy atom. The minimum Gasteiger partial charge on any atom is -0.488 e. The van der Waals surface area contributed by atoms with Gasteiger partial charge in [-0.25, -0.2) is 8.42 Å². The van der Waals surface area contributed by atoms with Crippen LogP contribution in [0.3, 0.4) is 0 Å². The Kier molecular flexibility index (Phi) is 5.86. The Morgan fingerprint density at radius 1 is 1.25 bits per heavy atom. The Bertz CT molecular complexity index is 567. The smallest absolute Gasteiger partial charge is 0.261 e. The van der Waals surface area contributed by atoms with E-state index in [4.69, 9.17) is 20.2 Å². The summed E-state index contributed by atoms with van der Waals surface area (Å²) in [5.74, 6) is 0.795. The van der Waals surface area contributed by atoms with Crippen molar-refractivity contribution in [1.29, 1.82) is 0 Å². The van der Waals surface area contributed by atoms with E-state index in [1.54, 1.807) is 26.2 Å². The third-order valence-electron chi connectivity index (χ3n) is 2.92. The molecule has 0 amide bonds. The zero-order valence-electron chi connectivity index (χ0n) is 12.4. The highest BCUT2D eigenvalue weighted by atomic mass is 35.7. The maximum absolute atomic E-state index is 11.6. The highest BCUT2D eigenvalue weighted by molar-refractivity contribution is 8.13. The second kappa shape index (κ2) is 6.78. The van der Waals surface area contributed by atoms with E-state index >= 15 is 0 Å². The molecule has 6 heteroatoms. The molecule has 0 radical (unpaired) electrons. The molecule has 0 heterocycles. The Labute approximate surface area is 125 Å². The normalized spacial score (nSPS) is 13.6. The molecule has 0 aliphatic carbocycles. The molecule has 0 aliphatic heterocycles. The molecule has 0 fully saturated rings. The molecule has 1 aromatic carbocycles. The Morgan fingerprint density at radius 3 is 2.30 bits per heavy atom. The fraction of sp³-hybridized carbons (Fsp3) is 0.571. The van der Waals surface area contributed by atoms with Crippen molar-refractivity contribution in [2.75, 3.05) is 13.7 Å². The summed E-state index contributed by atoms with van der Waals surface area (Å²) in [5, 5.41) is 0. The summed E-state index contributed by atoms with van der Waals surface area (Å²) in [5.41, 5.74) is 1.39. The average Bonchev–Trinajstić information content (AvgIpc) is 2.26. The summed E-state index contributed by atoms with van der Waals surface area (Å²) in [7, 11) is 3.32. The largest absolute Gasteiger partial charge is 0.488 e. The van der Waals surface area contributed by atoms with Gasteiger partial charge >= 0.3 is 0 Å². The van der Waals surface area contributed by atoms with Crippen LogP contribution >= 0.6 is 10.7 Å². The molecular formula is C14H21ClO4S. The maximum atomic E-state index is 11.6. The Hall–Kier alpha value is -0.780. The van der Waals surface area contributed by atoms with Gasteiger partial charge < -0.3 is 9.47 Å². The van der Waals surface area contributed by atoms with Gasteiger partial charge in [0, 0.05) is 17.8 Å². The quantitative estimate of drug-likeness (QED) is 0.753. The van der Waals surface area contributed by atoms with Crippen LogP contribution in [0.25, 0.3) is 0 Å². The first kappa shape index (κ1) is 17.3. The first-order valence-electron chi connectivity index (χ1n) is 6.41. The van der Waals surface area contributed by atoms with E-state index in [1.165, 1.54) is 0 Å². The second-order valence-electron chi connectivity index (χ2n) is 5.13. The fourth-order valence-electron chi connectivity index (χ4n) is 1.98. The molecule has 0 N–H and O–H groups in total. The lowest BCUT2D eigenvalue weighted by Crippen LogP contribution is -2.19. The summed E-state index contributed by atoms with van der Waals surface area (Å²) < 4.78 is 34.0. The van der Waals surface area contributed by atoms with Crippen molar-refractivity contribution in [2.24, 2.45) is 0 Å². The highest BCUT2D eigenvalue weighted by Gasteiger charge is 2.20. The number of methoxy groups -OCH3 is 1. The van der Waals surface area contributed by atoms with E-state index in [0.717, 1.165) is 5.56 Å². The van der Waals surface area contributed by atoms with E-state index in [2.05, 4.69) is 0 Å². The van der Waals surface area contributed by atoms with Crippen molar-refractivity contribution in [1.82, 2.24) is 0 Å². The minimum absolute atomic E-state index is 0.115. The molecule has 20 heavy (non-hydrogen) atoms. The molecule has 0 saturated carbocycles. The number of rotatable bonds is 6. The zero-order valence-corrected chi connectivity index (χ0v) is 14.0. The van der Waals surface area contributed by atoms with E-state index in [9.17, 15) is 8.42 Å². The highest BCUT2D eigenvalue weighted by Crippen LogP contribution is 2.33. The lowest BCUT2D eigenvalue weighted by atomic mass is 10.0. The summed E-state index contributed by atoms with van der Waals surface area (Å²) in [6, 6.07) is 3.31. The van der Waals surface area contributed by atoms with Crippen molar-refractivity contribution >= 4 is 19.7 Å². The van der Waals surface area contributed by atoms with E-state index in [1.807, 2.05) is 20.8 Å². The topological polar surface area (TPSA) is 52.6 Å². The van der Waals surface area contributed by atoms with Crippen molar-refractivity contribution in [3.63, 3.8) is 0 Å². The van der Waals surface area contributed by atoms with Crippen LogP contribution in [-0.4, -0.2) is 28.2 Å². The molecular weight excluding hydrogens is 300 g/mol. The molecule has 1 rings (SSSR count). The van der Waals surface area contributed by atoms with Crippen molar-refractivity contribution in [3.05, 3.63) is 23.3 Å². The average molecular weight is 321 g/mol. The number of hydrogen-bond donors (Lipinski definition) is 0. The number of hydrogen-bond acceptors (Lipinski definition) is 4. The van der Waals surface area contributed by atoms with Crippen LogP contribution in [-0.2, 0) is 13.8 Å². The van der Waals surface area contributed by atoms with Gasteiger partial charge in [-0.2, -0.15) is 0 Å². The summed E-state index contributed by atoms with van der Waals surface area (Å²) in [4.78, 5) is 0.134. The third kappa shape index (κ3) is 4.36. The molecule has 1 unspecified atom stereocenters. The van der Waals surface area contributed by atoms with Gasteiger partial charge in [-0.3, -0.25) is 0 Å². The number of ether oxygens (including phenoxy) is 2. The van der Waals surface area contributed by atoms with E-state index in [-0.39, 0.29) is 16.9 Å². The van der Waals surface area contributed by atoms with E-state index < -0.39 is 9.05 Å². The standard InChI is InChI=1S/C14H21ClO4S/c1-9(2)12-7-14(20(15,16)17)10(3)6-13(12)19-11(4)8-18-5/h6-7,9,11H,8H2,1-5H3. The minimum atomic E-state index is -3.75. The van der Waals surface area contributed by atoms with Gasteiger partial charge in [-0.05, 0) is 43.0 Å². The lowest BCUT2D eigenvalue weighted by Gasteiger charge is -2.20. The molecule has 1 aromatic rings. The van der Waals surface area contributed by atoms with Crippen LogP contribution in [0.5, 0.6) is 5.75 Å². The van der Waals surface area contributed by atoms with Crippen LogP contribution in [0.4, 0.5) is 0 Å². The van der Waals surface area contributed by atoms with Gasteiger partial charge in [0.15, 0.2) is 0 Å².